The Morgan fingerprint density at radius 1 is 1.48 bits per heavy atom. The number of hydrogen-bond donors (Lipinski definition) is 0. The summed E-state index contributed by atoms with van der Waals surface area (Å²) in [6, 6.07) is 0. The monoisotopic (exact) mass is 294 g/mol. The summed E-state index contributed by atoms with van der Waals surface area (Å²) in [5.74, 6) is 1.15. The van der Waals surface area contributed by atoms with Crippen LogP contribution in [0.4, 0.5) is 0 Å². The van der Waals surface area contributed by atoms with Crippen LogP contribution in [0.1, 0.15) is 53.9 Å². The molecular weight excluding hydrogens is 264 g/mol. The number of fused-ring (bicyclic) bond motifs is 2. The molecule has 2 bridgehead atoms. The molecule has 0 amide bonds. The molecule has 0 unspecified atom stereocenters. The summed E-state index contributed by atoms with van der Waals surface area (Å²) in [6.45, 7) is 11.7. The Morgan fingerprint density at radius 2 is 2.19 bits per heavy atom. The van der Waals surface area contributed by atoms with E-state index in [0.717, 1.165) is 6.42 Å². The molecule has 0 spiro atoms. The first-order chi connectivity index (χ1) is 9.92. The van der Waals surface area contributed by atoms with Crippen LogP contribution < -0.4 is 0 Å². The van der Waals surface area contributed by atoms with Gasteiger partial charge in [0.2, 0.25) is 0 Å². The fourth-order valence-electron chi connectivity index (χ4n) is 4.29. The van der Waals surface area contributed by atoms with Gasteiger partial charge in [0.1, 0.15) is 0 Å². The number of carbonyl (C=O) groups is 1. The lowest BCUT2D eigenvalue weighted by Crippen LogP contribution is -2.56. The van der Waals surface area contributed by atoms with E-state index in [9.17, 15) is 4.79 Å². The van der Waals surface area contributed by atoms with Gasteiger partial charge in [0.15, 0.2) is 0 Å². The highest BCUT2D eigenvalue weighted by Gasteiger charge is 2.53. The SMILES string of the molecule is CCCC[C@H]1OC[C@]2(COC(C)=O)[C@H](C)C=C(C)[C@H]1[C@@H]2C. The lowest BCUT2D eigenvalue weighted by Gasteiger charge is -2.55. The average Bonchev–Trinajstić information content (AvgIpc) is 2.42. The van der Waals surface area contributed by atoms with E-state index < -0.39 is 0 Å². The van der Waals surface area contributed by atoms with Gasteiger partial charge in [-0.25, -0.2) is 0 Å². The van der Waals surface area contributed by atoms with Crippen molar-refractivity contribution in [2.24, 2.45) is 23.2 Å². The highest BCUT2D eigenvalue weighted by molar-refractivity contribution is 5.65. The molecule has 0 radical (unpaired) electrons. The zero-order valence-corrected chi connectivity index (χ0v) is 14.1. The summed E-state index contributed by atoms with van der Waals surface area (Å²) in [5, 5.41) is 0. The first-order valence-electron chi connectivity index (χ1n) is 8.35. The summed E-state index contributed by atoms with van der Waals surface area (Å²) >= 11 is 0. The molecule has 2 aliphatic rings. The highest BCUT2D eigenvalue weighted by Crippen LogP contribution is 2.53. The zero-order valence-electron chi connectivity index (χ0n) is 14.1. The van der Waals surface area contributed by atoms with Crippen molar-refractivity contribution in [2.45, 2.75) is 60.0 Å². The van der Waals surface area contributed by atoms with Crippen LogP contribution in [0.3, 0.4) is 0 Å². The standard InChI is InChI=1S/C18H30O3/c1-6-7-8-16-17-12(2)9-13(3)18(11-21-16,14(17)4)10-20-15(5)19/h9,13-14,16-17H,6-8,10-11H2,1-5H3/t13-,14+,16-,17+,18-/m1/s1. The number of allylic oxidation sites excluding steroid dienone is 1. The minimum Gasteiger partial charge on any atom is -0.465 e. The summed E-state index contributed by atoms with van der Waals surface area (Å²) < 4.78 is 11.7. The maximum Gasteiger partial charge on any atom is 0.302 e. The Bertz CT molecular complexity index is 415. The van der Waals surface area contributed by atoms with Crippen molar-refractivity contribution >= 4 is 5.97 Å². The molecular formula is C18H30O3. The van der Waals surface area contributed by atoms with Crippen LogP contribution in [0.5, 0.6) is 0 Å². The van der Waals surface area contributed by atoms with Gasteiger partial charge in [0, 0.05) is 18.3 Å². The third-order valence-electron chi connectivity index (χ3n) is 5.74. The largest absolute Gasteiger partial charge is 0.465 e. The van der Waals surface area contributed by atoms with Crippen LogP contribution in [0.2, 0.25) is 0 Å². The van der Waals surface area contributed by atoms with E-state index in [1.165, 1.54) is 25.3 Å². The minimum atomic E-state index is -0.195. The van der Waals surface area contributed by atoms with Gasteiger partial charge in [-0.1, -0.05) is 45.3 Å². The van der Waals surface area contributed by atoms with Crippen LogP contribution in [0.15, 0.2) is 11.6 Å². The third kappa shape index (κ3) is 3.03. The predicted molar refractivity (Wildman–Crippen MR) is 83.9 cm³/mol. The number of unbranched alkanes of at least 4 members (excludes halogenated alkanes) is 1. The van der Waals surface area contributed by atoms with Crippen molar-refractivity contribution in [3.63, 3.8) is 0 Å². The Morgan fingerprint density at radius 3 is 2.81 bits per heavy atom. The maximum absolute atomic E-state index is 11.2. The number of ether oxygens (including phenoxy) is 2. The smallest absolute Gasteiger partial charge is 0.302 e. The Labute approximate surface area is 129 Å². The molecule has 1 saturated heterocycles. The predicted octanol–water partition coefficient (Wildman–Crippen LogP) is 3.97. The third-order valence-corrected chi connectivity index (χ3v) is 5.74. The molecule has 0 aromatic carbocycles. The highest BCUT2D eigenvalue weighted by atomic mass is 16.5. The van der Waals surface area contributed by atoms with Crippen LogP contribution in [-0.4, -0.2) is 25.3 Å². The first-order valence-corrected chi connectivity index (χ1v) is 8.35. The van der Waals surface area contributed by atoms with Gasteiger partial charge < -0.3 is 9.47 Å². The molecule has 2 rings (SSSR count). The zero-order chi connectivity index (χ0) is 15.6. The molecule has 3 nitrogen and oxygen atoms in total. The average molecular weight is 294 g/mol. The van der Waals surface area contributed by atoms with Crippen molar-refractivity contribution in [1.29, 1.82) is 0 Å². The molecule has 1 aliphatic carbocycles. The lowest BCUT2D eigenvalue weighted by molar-refractivity contribution is -0.180. The molecule has 21 heavy (non-hydrogen) atoms. The normalized spacial score (nSPS) is 38.8. The number of esters is 1. The molecule has 0 N–H and O–H groups in total. The Hall–Kier alpha value is -0.830. The van der Waals surface area contributed by atoms with Gasteiger partial charge in [-0.15, -0.1) is 0 Å². The van der Waals surface area contributed by atoms with Crippen molar-refractivity contribution < 1.29 is 14.3 Å². The topological polar surface area (TPSA) is 35.5 Å². The van der Waals surface area contributed by atoms with Crippen LogP contribution >= 0.6 is 0 Å². The number of rotatable bonds is 5. The van der Waals surface area contributed by atoms with E-state index >= 15 is 0 Å². The summed E-state index contributed by atoms with van der Waals surface area (Å²) in [4.78, 5) is 11.2. The van der Waals surface area contributed by atoms with E-state index in [0.29, 0.717) is 37.1 Å². The maximum atomic E-state index is 11.2. The Kier molecular flexibility index (Phi) is 5.13. The van der Waals surface area contributed by atoms with Crippen molar-refractivity contribution in [3.05, 3.63) is 11.6 Å². The molecule has 5 atom stereocenters. The van der Waals surface area contributed by atoms with E-state index in [2.05, 4.69) is 33.8 Å². The van der Waals surface area contributed by atoms with Crippen molar-refractivity contribution in [1.82, 2.24) is 0 Å². The minimum absolute atomic E-state index is 0.0570. The Balaban J connectivity index is 2.23. The molecule has 0 saturated carbocycles. The molecule has 0 aromatic rings. The van der Waals surface area contributed by atoms with Gasteiger partial charge in [-0.3, -0.25) is 4.79 Å². The van der Waals surface area contributed by atoms with Crippen LogP contribution in [-0.2, 0) is 14.3 Å². The summed E-state index contributed by atoms with van der Waals surface area (Å²) in [7, 11) is 0. The van der Waals surface area contributed by atoms with E-state index in [-0.39, 0.29) is 11.4 Å². The molecule has 0 aromatic heterocycles. The van der Waals surface area contributed by atoms with E-state index in [1.807, 2.05) is 0 Å². The van der Waals surface area contributed by atoms with E-state index in [4.69, 9.17) is 9.47 Å². The molecule has 3 heteroatoms. The van der Waals surface area contributed by atoms with Crippen LogP contribution in [0, 0.1) is 23.2 Å². The van der Waals surface area contributed by atoms with Gasteiger partial charge >= 0.3 is 5.97 Å². The second-order valence-electron chi connectivity index (χ2n) is 7.02. The van der Waals surface area contributed by atoms with Gasteiger partial charge in [0.05, 0.1) is 19.3 Å². The lowest BCUT2D eigenvalue weighted by atomic mass is 9.56. The molecule has 1 heterocycles. The second-order valence-corrected chi connectivity index (χ2v) is 7.02. The molecule has 1 aliphatic heterocycles. The first kappa shape index (κ1) is 16.5. The fraction of sp³-hybridized carbons (Fsp3) is 0.833. The second kappa shape index (κ2) is 6.51. The number of carbonyl (C=O) groups excluding carboxylic acids is 1. The quantitative estimate of drug-likeness (QED) is 0.568. The number of hydrogen-bond acceptors (Lipinski definition) is 3. The summed E-state index contributed by atoms with van der Waals surface area (Å²) in [6.07, 6.45) is 6.27. The molecule has 120 valence electrons. The van der Waals surface area contributed by atoms with Crippen molar-refractivity contribution in [3.8, 4) is 0 Å². The summed E-state index contributed by atoms with van der Waals surface area (Å²) in [5.41, 5.74) is 1.40. The van der Waals surface area contributed by atoms with Gasteiger partial charge in [-0.2, -0.15) is 0 Å². The fourth-order valence-corrected chi connectivity index (χ4v) is 4.29. The van der Waals surface area contributed by atoms with Crippen molar-refractivity contribution in [2.75, 3.05) is 13.2 Å². The molecule has 1 fully saturated rings. The van der Waals surface area contributed by atoms with Gasteiger partial charge in [0.25, 0.3) is 0 Å². The van der Waals surface area contributed by atoms with Crippen LogP contribution in [0.25, 0.3) is 0 Å². The van der Waals surface area contributed by atoms with Gasteiger partial charge in [-0.05, 0) is 25.2 Å². The van der Waals surface area contributed by atoms with E-state index in [1.54, 1.807) is 0 Å².